The van der Waals surface area contributed by atoms with Crippen LogP contribution in [0.4, 0.5) is 13.2 Å². The van der Waals surface area contributed by atoms with Crippen molar-refractivity contribution >= 4 is 17.2 Å². The molecular weight excluding hydrogens is 439 g/mol. The molecule has 6 nitrogen and oxygen atoms in total. The molecule has 2 unspecified atom stereocenters. The predicted octanol–water partition coefficient (Wildman–Crippen LogP) is 3.38. The monoisotopic (exact) mass is 463 g/mol. The van der Waals surface area contributed by atoms with Gasteiger partial charge < -0.3 is 10.6 Å². The van der Waals surface area contributed by atoms with Crippen LogP contribution in [0.15, 0.2) is 36.0 Å². The summed E-state index contributed by atoms with van der Waals surface area (Å²) in [5, 5.41) is 9.22. The van der Waals surface area contributed by atoms with Gasteiger partial charge in [0, 0.05) is 40.6 Å². The Hall–Kier alpha value is -2.43. The summed E-state index contributed by atoms with van der Waals surface area (Å²) >= 11 is 1.48. The van der Waals surface area contributed by atoms with Gasteiger partial charge >= 0.3 is 6.18 Å². The Morgan fingerprint density at radius 1 is 1.16 bits per heavy atom. The normalized spacial score (nSPS) is 24.3. The van der Waals surface area contributed by atoms with Gasteiger partial charge in [0.15, 0.2) is 0 Å². The van der Waals surface area contributed by atoms with Crippen LogP contribution in [0.5, 0.6) is 0 Å². The van der Waals surface area contributed by atoms with E-state index in [0.717, 1.165) is 54.3 Å². The predicted molar refractivity (Wildman–Crippen MR) is 115 cm³/mol. The van der Waals surface area contributed by atoms with Crippen LogP contribution in [0.2, 0.25) is 0 Å². The van der Waals surface area contributed by atoms with E-state index in [1.54, 1.807) is 6.08 Å². The Balaban J connectivity index is 1.40. The maximum Gasteiger partial charge on any atom is 0.416 e. The van der Waals surface area contributed by atoms with Crippen LogP contribution in [-0.2, 0) is 11.0 Å². The van der Waals surface area contributed by atoms with Crippen molar-refractivity contribution in [1.29, 1.82) is 0 Å². The van der Waals surface area contributed by atoms with Gasteiger partial charge in [-0.05, 0) is 45.0 Å². The molecule has 170 valence electrons. The molecule has 3 aliphatic rings. The van der Waals surface area contributed by atoms with Crippen LogP contribution in [0.1, 0.15) is 34.9 Å². The van der Waals surface area contributed by atoms with Gasteiger partial charge in [-0.3, -0.25) is 9.80 Å². The Morgan fingerprint density at radius 3 is 2.56 bits per heavy atom. The number of allylic oxidation sites excluding steroid dienone is 1. The molecule has 2 fully saturated rings. The molecule has 5 rings (SSSR count). The fourth-order valence-corrected chi connectivity index (χ4v) is 5.94. The maximum atomic E-state index is 12.9. The van der Waals surface area contributed by atoms with Crippen LogP contribution < -0.4 is 16.1 Å². The summed E-state index contributed by atoms with van der Waals surface area (Å²) in [6, 6.07) is 5.10. The van der Waals surface area contributed by atoms with Crippen LogP contribution in [-0.4, -0.2) is 41.7 Å². The van der Waals surface area contributed by atoms with E-state index in [-0.39, 0.29) is 18.0 Å². The lowest BCUT2D eigenvalue weighted by molar-refractivity contribution is -0.137. The molecule has 1 aromatic carbocycles. The van der Waals surface area contributed by atoms with Crippen molar-refractivity contribution in [2.45, 2.75) is 38.0 Å². The van der Waals surface area contributed by atoms with Crippen LogP contribution in [0, 0.1) is 12.8 Å². The van der Waals surface area contributed by atoms with E-state index in [1.807, 2.05) is 6.92 Å². The number of nitrogens with one attached hydrogen (secondary N) is 3. The quantitative estimate of drug-likeness (QED) is 0.651. The topological polar surface area (TPSA) is 69.3 Å². The highest BCUT2D eigenvalue weighted by Gasteiger charge is 2.43. The number of hydrogen-bond acceptors (Lipinski definition) is 6. The second-order valence-corrected chi connectivity index (χ2v) is 9.46. The lowest BCUT2D eigenvalue weighted by Gasteiger charge is -2.39. The van der Waals surface area contributed by atoms with Gasteiger partial charge in [0.05, 0.1) is 11.3 Å². The number of thiazole rings is 1. The average molecular weight is 464 g/mol. The summed E-state index contributed by atoms with van der Waals surface area (Å²) in [6.07, 6.45) is -0.884. The molecule has 0 saturated carbocycles. The van der Waals surface area contributed by atoms with Crippen molar-refractivity contribution in [3.8, 4) is 10.6 Å². The standard InChI is InChI=1S/C22H24F3N5OS/c1-12-19(32-21(28-12)14-2-4-15(5-3-14)22(23,24)25)16-11-27-30-17(10-18(31)29-20(16)30)13-6-8-26-9-7-13/h2-5,10,13,16,20,26-27H,6-9,11H2,1H3,(H,29,31). The number of fused-ring (bicyclic) bond motifs is 1. The van der Waals surface area contributed by atoms with Gasteiger partial charge in [0.1, 0.15) is 11.2 Å². The number of carbonyl (C=O) groups excluding carboxylic acids is 1. The molecule has 10 heteroatoms. The highest BCUT2D eigenvalue weighted by atomic mass is 32.1. The van der Waals surface area contributed by atoms with Gasteiger partial charge in [0.25, 0.3) is 0 Å². The maximum absolute atomic E-state index is 12.9. The van der Waals surface area contributed by atoms with Crippen molar-refractivity contribution in [2.75, 3.05) is 19.6 Å². The lowest BCUT2D eigenvalue weighted by Crippen LogP contribution is -2.53. The molecule has 32 heavy (non-hydrogen) atoms. The third-order valence-corrected chi connectivity index (χ3v) is 7.71. The SMILES string of the molecule is Cc1nc(-c2ccc(C(F)(F)F)cc2)sc1C1CNN2C(C3CCNCC3)=CC(=O)NC12. The van der Waals surface area contributed by atoms with Gasteiger partial charge in [-0.1, -0.05) is 12.1 Å². The number of nitrogens with zero attached hydrogens (tertiary/aromatic N) is 2. The van der Waals surface area contributed by atoms with Crippen LogP contribution >= 0.6 is 11.3 Å². The van der Waals surface area contributed by atoms with E-state index < -0.39 is 11.7 Å². The van der Waals surface area contributed by atoms with Crippen LogP contribution in [0.3, 0.4) is 0 Å². The summed E-state index contributed by atoms with van der Waals surface area (Å²) in [4.78, 5) is 18.2. The fourth-order valence-electron chi connectivity index (χ4n) is 4.74. The average Bonchev–Trinajstić information content (AvgIpc) is 3.36. The number of piperidine rings is 1. The molecule has 0 spiro atoms. The summed E-state index contributed by atoms with van der Waals surface area (Å²) in [5.41, 5.74) is 5.32. The summed E-state index contributed by atoms with van der Waals surface area (Å²) in [7, 11) is 0. The number of halogens is 3. The number of carbonyl (C=O) groups is 1. The molecule has 0 radical (unpaired) electrons. The van der Waals surface area contributed by atoms with Crippen molar-refractivity contribution in [2.24, 2.45) is 5.92 Å². The minimum absolute atomic E-state index is 0.00469. The highest BCUT2D eigenvalue weighted by Crippen LogP contribution is 2.40. The minimum Gasteiger partial charge on any atom is -0.330 e. The zero-order valence-electron chi connectivity index (χ0n) is 17.5. The molecular formula is C22H24F3N5OS. The summed E-state index contributed by atoms with van der Waals surface area (Å²) < 4.78 is 38.6. The van der Waals surface area contributed by atoms with Gasteiger partial charge in [-0.2, -0.15) is 13.2 Å². The van der Waals surface area contributed by atoms with Gasteiger partial charge in [-0.25, -0.2) is 10.4 Å². The smallest absolute Gasteiger partial charge is 0.330 e. The third kappa shape index (κ3) is 3.91. The van der Waals surface area contributed by atoms with Crippen molar-refractivity contribution < 1.29 is 18.0 Å². The Kier molecular flexibility index (Phi) is 5.47. The summed E-state index contributed by atoms with van der Waals surface area (Å²) in [5.74, 6) is 0.255. The Morgan fingerprint density at radius 2 is 1.88 bits per heavy atom. The molecule has 3 N–H and O–H groups in total. The number of hydrogen-bond donors (Lipinski definition) is 3. The zero-order chi connectivity index (χ0) is 22.5. The highest BCUT2D eigenvalue weighted by molar-refractivity contribution is 7.15. The molecule has 2 atom stereocenters. The molecule has 3 aliphatic heterocycles. The third-order valence-electron chi connectivity index (χ3n) is 6.37. The largest absolute Gasteiger partial charge is 0.416 e. The molecule has 2 saturated heterocycles. The first-order valence-electron chi connectivity index (χ1n) is 10.7. The lowest BCUT2D eigenvalue weighted by atomic mass is 9.92. The van der Waals surface area contributed by atoms with Crippen molar-refractivity contribution in [3.05, 3.63) is 52.2 Å². The first kappa shape index (κ1) is 21.4. The van der Waals surface area contributed by atoms with Crippen molar-refractivity contribution in [1.82, 2.24) is 26.1 Å². The second-order valence-electron chi connectivity index (χ2n) is 8.43. The Labute approximate surface area is 187 Å². The van der Waals surface area contributed by atoms with E-state index in [0.29, 0.717) is 23.0 Å². The number of rotatable bonds is 3. The molecule has 1 amide bonds. The molecule has 4 heterocycles. The second kappa shape index (κ2) is 8.17. The number of hydrazine groups is 1. The molecule has 1 aromatic heterocycles. The number of benzene rings is 1. The van der Waals surface area contributed by atoms with E-state index in [4.69, 9.17) is 0 Å². The van der Waals surface area contributed by atoms with Crippen molar-refractivity contribution in [3.63, 3.8) is 0 Å². The van der Waals surface area contributed by atoms with E-state index >= 15 is 0 Å². The fraction of sp³-hybridized carbons (Fsp3) is 0.455. The summed E-state index contributed by atoms with van der Waals surface area (Å²) in [6.45, 7) is 4.45. The van der Waals surface area contributed by atoms with Gasteiger partial charge in [0.2, 0.25) is 5.91 Å². The first-order valence-corrected chi connectivity index (χ1v) is 11.5. The number of aromatic nitrogens is 1. The van der Waals surface area contributed by atoms with E-state index in [2.05, 4.69) is 26.1 Å². The van der Waals surface area contributed by atoms with Crippen LogP contribution in [0.25, 0.3) is 10.6 Å². The van der Waals surface area contributed by atoms with Gasteiger partial charge in [-0.15, -0.1) is 11.3 Å². The Bertz CT molecular complexity index is 1040. The molecule has 0 aliphatic carbocycles. The molecule has 2 aromatic rings. The molecule has 0 bridgehead atoms. The van der Waals surface area contributed by atoms with E-state index in [1.165, 1.54) is 23.5 Å². The number of aryl methyl sites for hydroxylation is 1. The first-order chi connectivity index (χ1) is 15.3. The number of amides is 1. The minimum atomic E-state index is -4.36. The number of alkyl halides is 3. The van der Waals surface area contributed by atoms with E-state index in [9.17, 15) is 18.0 Å². The zero-order valence-corrected chi connectivity index (χ0v) is 18.3.